The van der Waals surface area contributed by atoms with Gasteiger partial charge in [-0.15, -0.1) is 0 Å². The van der Waals surface area contributed by atoms with Crippen molar-refractivity contribution in [2.75, 3.05) is 0 Å². The van der Waals surface area contributed by atoms with Gasteiger partial charge in [-0.3, -0.25) is 9.67 Å². The zero-order chi connectivity index (χ0) is 19.4. The molecule has 1 aromatic carbocycles. The fraction of sp³-hybridized carbons (Fsp3) is 0.263. The molecule has 0 unspecified atom stereocenters. The van der Waals surface area contributed by atoms with Crippen LogP contribution in [0.15, 0.2) is 59.9 Å². The summed E-state index contributed by atoms with van der Waals surface area (Å²) in [7, 11) is -1.77. The second-order valence-corrected chi connectivity index (χ2v) is 8.18. The van der Waals surface area contributed by atoms with Crippen LogP contribution in [-0.2, 0) is 23.6 Å². The molecular weight excluding hydrogens is 364 g/mol. The first-order chi connectivity index (χ1) is 12.8. The van der Waals surface area contributed by atoms with Crippen LogP contribution < -0.4 is 9.46 Å². The van der Waals surface area contributed by atoms with Crippen molar-refractivity contribution in [3.05, 3.63) is 60.6 Å². The third-order valence-electron chi connectivity index (χ3n) is 3.80. The summed E-state index contributed by atoms with van der Waals surface area (Å²) in [5.74, 6) is 0.638. The van der Waals surface area contributed by atoms with Gasteiger partial charge in [0.05, 0.1) is 22.9 Å². The van der Waals surface area contributed by atoms with Crippen molar-refractivity contribution in [1.82, 2.24) is 19.5 Å². The van der Waals surface area contributed by atoms with Gasteiger partial charge in [-0.05, 0) is 49.7 Å². The van der Waals surface area contributed by atoms with E-state index in [1.165, 1.54) is 12.1 Å². The number of hydrogen-bond donors (Lipinski definition) is 1. The molecular formula is C19H22N4O3S. The zero-order valence-corrected chi connectivity index (χ0v) is 16.3. The average molecular weight is 386 g/mol. The van der Waals surface area contributed by atoms with E-state index in [0.29, 0.717) is 5.75 Å². The van der Waals surface area contributed by atoms with E-state index >= 15 is 0 Å². The first-order valence-corrected chi connectivity index (χ1v) is 10.0. The minimum absolute atomic E-state index is 0.0349. The number of pyridine rings is 1. The largest absolute Gasteiger partial charge is 0.491 e. The second-order valence-electron chi connectivity index (χ2n) is 6.42. The van der Waals surface area contributed by atoms with Gasteiger partial charge in [-0.2, -0.15) is 5.10 Å². The van der Waals surface area contributed by atoms with Crippen LogP contribution in [0.25, 0.3) is 11.3 Å². The van der Waals surface area contributed by atoms with Crippen LogP contribution in [-0.4, -0.2) is 29.3 Å². The number of sulfonamides is 1. The number of hydrogen-bond acceptors (Lipinski definition) is 5. The van der Waals surface area contributed by atoms with E-state index in [9.17, 15) is 8.42 Å². The zero-order valence-electron chi connectivity index (χ0n) is 15.5. The lowest BCUT2D eigenvalue weighted by Gasteiger charge is -2.11. The fourth-order valence-corrected chi connectivity index (χ4v) is 3.50. The van der Waals surface area contributed by atoms with Crippen molar-refractivity contribution in [1.29, 1.82) is 0 Å². The summed E-state index contributed by atoms with van der Waals surface area (Å²) in [5, 5.41) is 4.12. The number of nitrogens with one attached hydrogen (secondary N) is 1. The highest BCUT2D eigenvalue weighted by atomic mass is 32.2. The molecule has 142 valence electrons. The van der Waals surface area contributed by atoms with Gasteiger partial charge < -0.3 is 4.74 Å². The molecule has 0 aliphatic rings. The Labute approximate surface area is 159 Å². The fourth-order valence-electron chi connectivity index (χ4n) is 2.48. The lowest BCUT2D eigenvalue weighted by Crippen LogP contribution is -2.23. The highest BCUT2D eigenvalue weighted by molar-refractivity contribution is 7.89. The van der Waals surface area contributed by atoms with Crippen LogP contribution in [0, 0.1) is 0 Å². The van der Waals surface area contributed by atoms with Gasteiger partial charge in [0.25, 0.3) is 0 Å². The molecule has 0 aliphatic carbocycles. The molecule has 0 aliphatic heterocycles. The van der Waals surface area contributed by atoms with E-state index in [4.69, 9.17) is 4.74 Å². The van der Waals surface area contributed by atoms with Gasteiger partial charge >= 0.3 is 0 Å². The first-order valence-electron chi connectivity index (χ1n) is 8.54. The predicted molar refractivity (Wildman–Crippen MR) is 103 cm³/mol. The third-order valence-corrected chi connectivity index (χ3v) is 5.21. The molecule has 2 aromatic heterocycles. The normalized spacial score (nSPS) is 11.7. The maximum Gasteiger partial charge on any atom is 0.240 e. The van der Waals surface area contributed by atoms with Crippen LogP contribution >= 0.6 is 0 Å². The molecule has 7 nitrogen and oxygen atoms in total. The molecule has 0 amide bonds. The number of benzene rings is 1. The van der Waals surface area contributed by atoms with E-state index in [0.717, 1.165) is 16.8 Å². The number of aromatic nitrogens is 3. The van der Waals surface area contributed by atoms with Gasteiger partial charge in [-0.1, -0.05) is 6.07 Å². The summed E-state index contributed by atoms with van der Waals surface area (Å²) in [4.78, 5) is 4.56. The van der Waals surface area contributed by atoms with Crippen molar-refractivity contribution in [2.24, 2.45) is 7.05 Å². The molecule has 0 spiro atoms. The molecule has 0 saturated carbocycles. The molecule has 0 saturated heterocycles. The lowest BCUT2D eigenvalue weighted by atomic mass is 10.2. The van der Waals surface area contributed by atoms with Crippen LogP contribution in [0.4, 0.5) is 0 Å². The number of nitrogens with zero attached hydrogens (tertiary/aromatic N) is 3. The number of aryl methyl sites for hydroxylation is 1. The van der Waals surface area contributed by atoms with Crippen LogP contribution in [0.1, 0.15) is 19.4 Å². The average Bonchev–Trinajstić information content (AvgIpc) is 3.07. The van der Waals surface area contributed by atoms with Crippen molar-refractivity contribution in [3.63, 3.8) is 0 Å². The van der Waals surface area contributed by atoms with Crippen molar-refractivity contribution >= 4 is 10.0 Å². The number of rotatable bonds is 7. The Balaban J connectivity index is 1.64. The van der Waals surface area contributed by atoms with E-state index in [1.807, 2.05) is 39.2 Å². The monoisotopic (exact) mass is 386 g/mol. The minimum Gasteiger partial charge on any atom is -0.491 e. The maximum absolute atomic E-state index is 12.4. The standard InChI is InChI=1S/C19H22N4O3S/c1-14(2)26-17-5-7-18(8-6-17)27(24,25)22-11-15-4-9-19(20-10-15)16-12-21-23(3)13-16/h4-10,12-14,22H,11H2,1-3H3. The summed E-state index contributed by atoms with van der Waals surface area (Å²) >= 11 is 0. The van der Waals surface area contributed by atoms with Crippen molar-refractivity contribution in [3.8, 4) is 17.0 Å². The Bertz CT molecular complexity index is 994. The highest BCUT2D eigenvalue weighted by Crippen LogP contribution is 2.18. The molecule has 3 aromatic rings. The lowest BCUT2D eigenvalue weighted by molar-refractivity contribution is 0.242. The summed E-state index contributed by atoms with van der Waals surface area (Å²) in [6.07, 6.45) is 5.30. The Morgan fingerprint density at radius 1 is 1.11 bits per heavy atom. The topological polar surface area (TPSA) is 86.1 Å². The summed E-state index contributed by atoms with van der Waals surface area (Å²) in [6.45, 7) is 3.99. The second kappa shape index (κ2) is 7.89. The van der Waals surface area contributed by atoms with E-state index in [-0.39, 0.29) is 17.5 Å². The van der Waals surface area contributed by atoms with Gasteiger partial charge in [0.15, 0.2) is 0 Å². The van der Waals surface area contributed by atoms with E-state index < -0.39 is 10.0 Å². The molecule has 8 heteroatoms. The Kier molecular flexibility index (Phi) is 5.57. The minimum atomic E-state index is -3.61. The van der Waals surface area contributed by atoms with E-state index in [1.54, 1.807) is 29.2 Å². The van der Waals surface area contributed by atoms with Crippen LogP contribution in [0.5, 0.6) is 5.75 Å². The quantitative estimate of drug-likeness (QED) is 0.675. The Morgan fingerprint density at radius 2 is 1.85 bits per heavy atom. The molecule has 0 radical (unpaired) electrons. The van der Waals surface area contributed by atoms with Gasteiger partial charge in [0.2, 0.25) is 10.0 Å². The van der Waals surface area contributed by atoms with Gasteiger partial charge in [0.1, 0.15) is 5.75 Å². The number of ether oxygens (including phenoxy) is 1. The Morgan fingerprint density at radius 3 is 2.41 bits per heavy atom. The molecule has 1 N–H and O–H groups in total. The highest BCUT2D eigenvalue weighted by Gasteiger charge is 2.14. The molecule has 2 heterocycles. The molecule has 3 rings (SSSR count). The predicted octanol–water partition coefficient (Wildman–Crippen LogP) is 2.75. The Hall–Kier alpha value is -2.71. The first kappa shape index (κ1) is 19.1. The molecule has 0 atom stereocenters. The maximum atomic E-state index is 12.4. The third kappa shape index (κ3) is 4.93. The molecule has 0 bridgehead atoms. The summed E-state index contributed by atoms with van der Waals surface area (Å²) in [5.41, 5.74) is 2.47. The smallest absolute Gasteiger partial charge is 0.240 e. The van der Waals surface area contributed by atoms with E-state index in [2.05, 4.69) is 14.8 Å². The van der Waals surface area contributed by atoms with Crippen molar-refractivity contribution < 1.29 is 13.2 Å². The molecule has 27 heavy (non-hydrogen) atoms. The molecule has 0 fully saturated rings. The van der Waals surface area contributed by atoms with Crippen LogP contribution in [0.2, 0.25) is 0 Å². The van der Waals surface area contributed by atoms with Crippen molar-refractivity contribution in [2.45, 2.75) is 31.4 Å². The summed E-state index contributed by atoms with van der Waals surface area (Å²) in [6, 6.07) is 10.1. The van der Waals surface area contributed by atoms with Gasteiger partial charge in [0, 0.05) is 31.5 Å². The summed E-state index contributed by atoms with van der Waals surface area (Å²) < 4.78 is 34.7. The van der Waals surface area contributed by atoms with Gasteiger partial charge in [-0.25, -0.2) is 13.1 Å². The SMILES string of the molecule is CC(C)Oc1ccc(S(=O)(=O)NCc2ccc(-c3cnn(C)c3)nc2)cc1. The van der Waals surface area contributed by atoms with Crippen LogP contribution in [0.3, 0.4) is 0 Å².